The molecular formula is C22H35NO4. The first-order valence-corrected chi connectivity index (χ1v) is 11.2. The summed E-state index contributed by atoms with van der Waals surface area (Å²) in [5.74, 6) is 0.840. The van der Waals surface area contributed by atoms with Gasteiger partial charge in [-0.15, -0.1) is 0 Å². The number of fused-ring (bicyclic) bond motifs is 2. The van der Waals surface area contributed by atoms with Crippen molar-refractivity contribution in [1.82, 2.24) is 4.90 Å². The van der Waals surface area contributed by atoms with E-state index in [1.807, 2.05) is 0 Å². The lowest BCUT2D eigenvalue weighted by molar-refractivity contribution is -0.266. The van der Waals surface area contributed by atoms with Crippen LogP contribution in [0, 0.1) is 40.4 Å². The zero-order valence-electron chi connectivity index (χ0n) is 16.8. The molecule has 0 aromatic rings. The summed E-state index contributed by atoms with van der Waals surface area (Å²) in [5, 5.41) is 34.9. The smallest absolute Gasteiger partial charge is 0.0771 e. The van der Waals surface area contributed by atoms with Crippen LogP contribution in [0.2, 0.25) is 0 Å². The van der Waals surface area contributed by atoms with Gasteiger partial charge in [0.2, 0.25) is 0 Å². The van der Waals surface area contributed by atoms with Crippen molar-refractivity contribution >= 4 is 0 Å². The van der Waals surface area contributed by atoms with Crippen LogP contribution in [0.1, 0.15) is 46.0 Å². The average molecular weight is 378 g/mol. The Hall–Kier alpha value is -0.200. The standard InChI is InChI=1S/C22H35NO4/c1-4-23-10-20(2)6-5-16(24)22-12-7-11-14(27-3)9-21(26,17(12)18(11)25)13(19(22)23)8-15(20)22/h11-19,24-26H,4-10H2,1-3H3/t11-,12-,13+,14+,15?,16+,17-,18+,19?,20+,21+,22?/m1/s1. The Labute approximate surface area is 162 Å². The highest BCUT2D eigenvalue weighted by Crippen LogP contribution is 2.78. The Morgan fingerprint density at radius 1 is 1.19 bits per heavy atom. The molecule has 5 nitrogen and oxygen atoms in total. The minimum Gasteiger partial charge on any atom is -0.392 e. The molecule has 12 atom stereocenters. The topological polar surface area (TPSA) is 73.2 Å². The fourth-order valence-corrected chi connectivity index (χ4v) is 10.1. The first kappa shape index (κ1) is 17.6. The summed E-state index contributed by atoms with van der Waals surface area (Å²) >= 11 is 0. The van der Waals surface area contributed by atoms with Crippen LogP contribution in [0.3, 0.4) is 0 Å². The first-order valence-electron chi connectivity index (χ1n) is 11.2. The van der Waals surface area contributed by atoms with Crippen molar-refractivity contribution in [3.05, 3.63) is 0 Å². The molecule has 0 aromatic carbocycles. The fourth-order valence-electron chi connectivity index (χ4n) is 10.1. The Bertz CT molecular complexity index is 673. The SMILES string of the molecule is CCN1C[C@]2(C)CC[C@H](O)C34C1[C@H](CC32)[C@@]1(O)C[C@H](OC)[C@H]2C[C@@H]4[C@@H]1[C@H]2O. The number of rotatable bonds is 2. The molecule has 3 unspecified atom stereocenters. The molecule has 6 rings (SSSR count). The van der Waals surface area contributed by atoms with Gasteiger partial charge in [-0.3, -0.25) is 4.90 Å². The fraction of sp³-hybridized carbons (Fsp3) is 1.00. The zero-order chi connectivity index (χ0) is 18.9. The van der Waals surface area contributed by atoms with Gasteiger partial charge in [0.05, 0.1) is 23.9 Å². The third-order valence-electron chi connectivity index (χ3n) is 10.7. The van der Waals surface area contributed by atoms with Gasteiger partial charge in [0.25, 0.3) is 0 Å². The van der Waals surface area contributed by atoms with Gasteiger partial charge in [0.1, 0.15) is 0 Å². The maximum Gasteiger partial charge on any atom is 0.0771 e. The molecular weight excluding hydrogens is 342 g/mol. The normalized spacial score (nSPS) is 66.2. The highest BCUT2D eigenvalue weighted by Gasteiger charge is 2.82. The largest absolute Gasteiger partial charge is 0.392 e. The number of likely N-dealkylation sites (tertiary alicyclic amines) is 1. The van der Waals surface area contributed by atoms with Crippen molar-refractivity contribution in [3.63, 3.8) is 0 Å². The number of methoxy groups -OCH3 is 1. The molecule has 5 saturated carbocycles. The van der Waals surface area contributed by atoms with Gasteiger partial charge < -0.3 is 20.1 Å². The minimum absolute atomic E-state index is 0.0657. The van der Waals surface area contributed by atoms with E-state index >= 15 is 0 Å². The molecule has 7 bridgehead atoms. The summed E-state index contributed by atoms with van der Waals surface area (Å²) in [6.45, 7) is 6.74. The molecule has 5 heteroatoms. The molecule has 0 aromatic heterocycles. The van der Waals surface area contributed by atoms with Crippen LogP contribution < -0.4 is 0 Å². The molecule has 1 aliphatic heterocycles. The number of nitrogens with zero attached hydrogens (tertiary/aromatic N) is 1. The van der Waals surface area contributed by atoms with E-state index in [1.54, 1.807) is 7.11 Å². The number of aliphatic hydroxyl groups excluding tert-OH is 2. The van der Waals surface area contributed by atoms with E-state index in [0.717, 1.165) is 38.8 Å². The predicted octanol–water partition coefficient (Wildman–Crippen LogP) is 1.25. The quantitative estimate of drug-likeness (QED) is 0.676. The van der Waals surface area contributed by atoms with E-state index < -0.39 is 11.7 Å². The summed E-state index contributed by atoms with van der Waals surface area (Å²) in [6.07, 6.45) is 3.66. The van der Waals surface area contributed by atoms with Gasteiger partial charge in [-0.1, -0.05) is 13.8 Å². The number of piperidine rings is 1. The van der Waals surface area contributed by atoms with Crippen LogP contribution in [0.15, 0.2) is 0 Å². The first-order chi connectivity index (χ1) is 12.8. The van der Waals surface area contributed by atoms with Crippen molar-refractivity contribution in [2.45, 2.75) is 75.9 Å². The minimum atomic E-state index is -0.858. The number of hydrogen-bond donors (Lipinski definition) is 3. The second-order valence-corrected chi connectivity index (χ2v) is 11.1. The van der Waals surface area contributed by atoms with Crippen LogP contribution in [0.25, 0.3) is 0 Å². The Morgan fingerprint density at radius 2 is 1.96 bits per heavy atom. The van der Waals surface area contributed by atoms with Crippen molar-refractivity contribution in [3.8, 4) is 0 Å². The van der Waals surface area contributed by atoms with E-state index in [2.05, 4.69) is 18.7 Å². The second kappa shape index (κ2) is 5.10. The van der Waals surface area contributed by atoms with E-state index in [1.165, 1.54) is 0 Å². The molecule has 152 valence electrons. The van der Waals surface area contributed by atoms with Crippen LogP contribution in [-0.2, 0) is 4.74 Å². The van der Waals surface area contributed by atoms with Gasteiger partial charge in [0, 0.05) is 49.3 Å². The summed E-state index contributed by atoms with van der Waals surface area (Å²) in [7, 11) is 1.73. The molecule has 1 saturated heterocycles. The summed E-state index contributed by atoms with van der Waals surface area (Å²) in [4.78, 5) is 2.60. The van der Waals surface area contributed by atoms with Crippen LogP contribution in [-0.4, -0.2) is 70.4 Å². The molecule has 6 fully saturated rings. The Balaban J connectivity index is 1.59. The monoisotopic (exact) mass is 377 g/mol. The number of ether oxygens (including phenoxy) is 1. The van der Waals surface area contributed by atoms with Gasteiger partial charge in [0.15, 0.2) is 0 Å². The van der Waals surface area contributed by atoms with Crippen molar-refractivity contribution in [2.24, 2.45) is 40.4 Å². The summed E-state index contributed by atoms with van der Waals surface area (Å²) in [5.41, 5.74) is -0.788. The van der Waals surface area contributed by atoms with E-state index in [4.69, 9.17) is 4.74 Å². The zero-order valence-corrected chi connectivity index (χ0v) is 16.8. The molecule has 5 aliphatic carbocycles. The highest BCUT2D eigenvalue weighted by molar-refractivity contribution is 5.32. The molecule has 1 heterocycles. The number of hydrogen-bond acceptors (Lipinski definition) is 5. The third kappa shape index (κ3) is 1.66. The lowest BCUT2D eigenvalue weighted by Crippen LogP contribution is -2.75. The van der Waals surface area contributed by atoms with Crippen molar-refractivity contribution in [2.75, 3.05) is 20.2 Å². The molecule has 0 radical (unpaired) electrons. The summed E-state index contributed by atoms with van der Waals surface area (Å²) in [6, 6.07) is 0.253. The lowest BCUT2D eigenvalue weighted by Gasteiger charge is -2.68. The molecule has 6 aliphatic rings. The van der Waals surface area contributed by atoms with E-state index in [0.29, 0.717) is 12.3 Å². The predicted molar refractivity (Wildman–Crippen MR) is 99.9 cm³/mol. The van der Waals surface area contributed by atoms with Crippen molar-refractivity contribution < 1.29 is 20.1 Å². The highest BCUT2D eigenvalue weighted by atomic mass is 16.5. The number of aliphatic hydroxyl groups is 3. The second-order valence-electron chi connectivity index (χ2n) is 11.1. The van der Waals surface area contributed by atoms with Gasteiger partial charge in [-0.25, -0.2) is 0 Å². The Kier molecular flexibility index (Phi) is 3.33. The Morgan fingerprint density at radius 3 is 2.67 bits per heavy atom. The maximum atomic E-state index is 12.1. The van der Waals surface area contributed by atoms with Gasteiger partial charge in [-0.05, 0) is 49.5 Å². The van der Waals surface area contributed by atoms with Crippen molar-refractivity contribution in [1.29, 1.82) is 0 Å². The van der Waals surface area contributed by atoms with Gasteiger partial charge >= 0.3 is 0 Å². The molecule has 27 heavy (non-hydrogen) atoms. The molecule has 0 amide bonds. The van der Waals surface area contributed by atoms with Crippen LogP contribution >= 0.6 is 0 Å². The van der Waals surface area contributed by atoms with E-state index in [9.17, 15) is 15.3 Å². The maximum absolute atomic E-state index is 12.1. The molecule has 3 N–H and O–H groups in total. The third-order valence-corrected chi connectivity index (χ3v) is 10.7. The lowest BCUT2D eigenvalue weighted by atomic mass is 9.43. The van der Waals surface area contributed by atoms with Gasteiger partial charge in [-0.2, -0.15) is 0 Å². The van der Waals surface area contributed by atoms with E-state index in [-0.39, 0.29) is 52.8 Å². The van der Waals surface area contributed by atoms with Crippen LogP contribution in [0.5, 0.6) is 0 Å². The summed E-state index contributed by atoms with van der Waals surface area (Å²) < 4.78 is 5.79. The average Bonchev–Trinajstić information content (AvgIpc) is 3.07. The molecule has 1 spiro atoms. The van der Waals surface area contributed by atoms with Crippen LogP contribution in [0.4, 0.5) is 0 Å².